The molecule has 1 fully saturated rings. The van der Waals surface area contributed by atoms with Gasteiger partial charge in [0.25, 0.3) is 0 Å². The zero-order valence-electron chi connectivity index (χ0n) is 10.8. The van der Waals surface area contributed by atoms with Crippen LogP contribution < -0.4 is 0 Å². The van der Waals surface area contributed by atoms with E-state index in [4.69, 9.17) is 0 Å². The molecule has 1 aliphatic carbocycles. The Hall–Kier alpha value is -1.25. The van der Waals surface area contributed by atoms with Gasteiger partial charge in [0.05, 0.1) is 5.56 Å². The van der Waals surface area contributed by atoms with Crippen LogP contribution in [0.5, 0.6) is 0 Å². The molecule has 0 unspecified atom stereocenters. The molecule has 0 N–H and O–H groups in total. The van der Waals surface area contributed by atoms with Gasteiger partial charge in [0.2, 0.25) is 0 Å². The molecule has 0 amide bonds. The molecule has 0 atom stereocenters. The van der Waals surface area contributed by atoms with Crippen molar-refractivity contribution < 1.29 is 13.6 Å². The molecular formula is C15H18F2O. The average Bonchev–Trinajstić information content (AvgIpc) is 2.28. The summed E-state index contributed by atoms with van der Waals surface area (Å²) in [6.45, 7) is 4.33. The minimum atomic E-state index is -0.746. The number of ketones is 1. The molecule has 0 heterocycles. The summed E-state index contributed by atoms with van der Waals surface area (Å²) >= 11 is 0. The average molecular weight is 252 g/mol. The van der Waals surface area contributed by atoms with E-state index in [-0.39, 0.29) is 22.7 Å². The van der Waals surface area contributed by atoms with Gasteiger partial charge in [-0.15, -0.1) is 0 Å². The third-order valence-electron chi connectivity index (χ3n) is 3.92. The van der Waals surface area contributed by atoms with Crippen LogP contribution in [0.2, 0.25) is 0 Å². The maximum absolute atomic E-state index is 13.5. The standard InChI is InChI=1S/C15H18F2O/c1-15(2)8-6-10(7-9-15)14(18)13-11(16)4-3-5-12(13)17/h3-5,10H,6-9H2,1-2H3. The lowest BCUT2D eigenvalue weighted by Crippen LogP contribution is -2.27. The van der Waals surface area contributed by atoms with Gasteiger partial charge < -0.3 is 0 Å². The summed E-state index contributed by atoms with van der Waals surface area (Å²) in [4.78, 5) is 12.2. The van der Waals surface area contributed by atoms with E-state index >= 15 is 0 Å². The molecule has 0 aliphatic heterocycles. The third kappa shape index (κ3) is 2.60. The Morgan fingerprint density at radius 2 is 1.67 bits per heavy atom. The van der Waals surface area contributed by atoms with Crippen LogP contribution >= 0.6 is 0 Å². The Morgan fingerprint density at radius 3 is 2.17 bits per heavy atom. The van der Waals surface area contributed by atoms with Crippen LogP contribution in [0.4, 0.5) is 8.78 Å². The monoisotopic (exact) mass is 252 g/mol. The van der Waals surface area contributed by atoms with Gasteiger partial charge in [-0.2, -0.15) is 0 Å². The van der Waals surface area contributed by atoms with E-state index in [1.807, 2.05) is 0 Å². The van der Waals surface area contributed by atoms with Crippen molar-refractivity contribution in [1.82, 2.24) is 0 Å². The van der Waals surface area contributed by atoms with E-state index in [2.05, 4.69) is 13.8 Å². The molecule has 98 valence electrons. The van der Waals surface area contributed by atoms with Gasteiger partial charge in [0, 0.05) is 5.92 Å². The molecule has 1 aliphatic rings. The fourth-order valence-corrected chi connectivity index (χ4v) is 2.60. The molecule has 18 heavy (non-hydrogen) atoms. The van der Waals surface area contributed by atoms with Gasteiger partial charge in [-0.05, 0) is 43.2 Å². The number of carbonyl (C=O) groups excluding carboxylic acids is 1. The molecule has 0 saturated heterocycles. The SMILES string of the molecule is CC1(C)CCC(C(=O)c2c(F)cccc2F)CC1. The number of hydrogen-bond donors (Lipinski definition) is 0. The van der Waals surface area contributed by atoms with Crippen LogP contribution in [0.15, 0.2) is 18.2 Å². The predicted molar refractivity (Wildman–Crippen MR) is 66.4 cm³/mol. The zero-order chi connectivity index (χ0) is 13.3. The Labute approximate surface area is 106 Å². The van der Waals surface area contributed by atoms with Crippen LogP contribution in [0.1, 0.15) is 49.9 Å². The first-order chi connectivity index (χ1) is 8.41. The van der Waals surface area contributed by atoms with Crippen LogP contribution in [0, 0.1) is 23.0 Å². The molecule has 3 heteroatoms. The third-order valence-corrected chi connectivity index (χ3v) is 3.92. The van der Waals surface area contributed by atoms with Gasteiger partial charge in [0.15, 0.2) is 5.78 Å². The molecule has 1 aromatic carbocycles. The van der Waals surface area contributed by atoms with Crippen molar-refractivity contribution in [3.8, 4) is 0 Å². The maximum Gasteiger partial charge on any atom is 0.171 e. The number of rotatable bonds is 2. The normalized spacial score (nSPS) is 19.8. The number of hydrogen-bond acceptors (Lipinski definition) is 1. The van der Waals surface area contributed by atoms with Gasteiger partial charge in [-0.25, -0.2) is 8.78 Å². The number of benzene rings is 1. The Bertz CT molecular complexity index is 435. The summed E-state index contributed by atoms with van der Waals surface area (Å²) in [6.07, 6.45) is 3.30. The highest BCUT2D eigenvalue weighted by molar-refractivity contribution is 5.98. The van der Waals surface area contributed by atoms with E-state index in [0.29, 0.717) is 0 Å². The van der Waals surface area contributed by atoms with Gasteiger partial charge >= 0.3 is 0 Å². The molecule has 0 radical (unpaired) electrons. The first-order valence-corrected chi connectivity index (χ1v) is 6.39. The van der Waals surface area contributed by atoms with Crippen molar-refractivity contribution >= 4 is 5.78 Å². The topological polar surface area (TPSA) is 17.1 Å². The van der Waals surface area contributed by atoms with Gasteiger partial charge in [-0.1, -0.05) is 19.9 Å². The molecule has 1 saturated carbocycles. The van der Waals surface area contributed by atoms with E-state index in [0.717, 1.165) is 37.8 Å². The summed E-state index contributed by atoms with van der Waals surface area (Å²) in [5.41, 5.74) is -0.118. The lowest BCUT2D eigenvalue weighted by molar-refractivity contribution is 0.0829. The van der Waals surface area contributed by atoms with E-state index in [1.54, 1.807) is 0 Å². The summed E-state index contributed by atoms with van der Waals surface area (Å²) < 4.78 is 27.1. The smallest absolute Gasteiger partial charge is 0.171 e. The highest BCUT2D eigenvalue weighted by Crippen LogP contribution is 2.39. The molecule has 1 nitrogen and oxygen atoms in total. The first kappa shape index (κ1) is 13.2. The van der Waals surface area contributed by atoms with Crippen molar-refractivity contribution in [3.05, 3.63) is 35.4 Å². The highest BCUT2D eigenvalue weighted by Gasteiger charge is 2.32. The summed E-state index contributed by atoms with van der Waals surface area (Å²) in [5, 5.41) is 0. The molecule has 2 rings (SSSR count). The number of halogens is 2. The van der Waals surface area contributed by atoms with Crippen LogP contribution in [0.25, 0.3) is 0 Å². The van der Waals surface area contributed by atoms with Crippen molar-refractivity contribution in [3.63, 3.8) is 0 Å². The summed E-state index contributed by atoms with van der Waals surface area (Å²) in [5.74, 6) is -2.10. The molecular weight excluding hydrogens is 234 g/mol. The van der Waals surface area contributed by atoms with Crippen molar-refractivity contribution in [2.45, 2.75) is 39.5 Å². The lowest BCUT2D eigenvalue weighted by Gasteiger charge is -2.33. The van der Waals surface area contributed by atoms with Gasteiger partial charge in [-0.3, -0.25) is 4.79 Å². The van der Waals surface area contributed by atoms with Crippen LogP contribution in [-0.2, 0) is 0 Å². The second-order valence-electron chi connectivity index (χ2n) is 5.90. The molecule has 0 spiro atoms. The quantitative estimate of drug-likeness (QED) is 0.714. The molecule has 0 aromatic heterocycles. The highest BCUT2D eigenvalue weighted by atomic mass is 19.1. The maximum atomic E-state index is 13.5. The van der Waals surface area contributed by atoms with Crippen LogP contribution in [0.3, 0.4) is 0 Å². The van der Waals surface area contributed by atoms with E-state index in [9.17, 15) is 13.6 Å². The van der Waals surface area contributed by atoms with Crippen molar-refractivity contribution in [1.29, 1.82) is 0 Å². The van der Waals surface area contributed by atoms with Crippen LogP contribution in [-0.4, -0.2) is 5.78 Å². The van der Waals surface area contributed by atoms with E-state index in [1.165, 1.54) is 6.07 Å². The minimum absolute atomic E-state index is 0.232. The fourth-order valence-electron chi connectivity index (χ4n) is 2.60. The second-order valence-corrected chi connectivity index (χ2v) is 5.90. The summed E-state index contributed by atoms with van der Waals surface area (Å²) in [7, 11) is 0. The van der Waals surface area contributed by atoms with Gasteiger partial charge in [0.1, 0.15) is 11.6 Å². The summed E-state index contributed by atoms with van der Waals surface area (Å²) in [6, 6.07) is 3.57. The minimum Gasteiger partial charge on any atom is -0.294 e. The number of Topliss-reactive ketones (excluding diaryl/α,β-unsaturated/α-hetero) is 1. The molecule has 1 aromatic rings. The Morgan fingerprint density at radius 1 is 1.17 bits per heavy atom. The Kier molecular flexibility index (Phi) is 3.51. The van der Waals surface area contributed by atoms with Crippen molar-refractivity contribution in [2.24, 2.45) is 11.3 Å². The predicted octanol–water partition coefficient (Wildman–Crippen LogP) is 4.36. The largest absolute Gasteiger partial charge is 0.294 e. The number of carbonyl (C=O) groups is 1. The second kappa shape index (κ2) is 4.79. The van der Waals surface area contributed by atoms with Crippen molar-refractivity contribution in [2.75, 3.05) is 0 Å². The lowest BCUT2D eigenvalue weighted by atomic mass is 9.71. The Balaban J connectivity index is 2.18. The first-order valence-electron chi connectivity index (χ1n) is 6.39. The van der Waals surface area contributed by atoms with E-state index < -0.39 is 11.6 Å². The molecule has 0 bridgehead atoms. The zero-order valence-corrected chi connectivity index (χ0v) is 10.8. The fraction of sp³-hybridized carbons (Fsp3) is 0.533.